The summed E-state index contributed by atoms with van der Waals surface area (Å²) in [6.45, 7) is 1.83. The van der Waals surface area contributed by atoms with Gasteiger partial charge < -0.3 is 10.0 Å². The van der Waals surface area contributed by atoms with Gasteiger partial charge >= 0.3 is 5.97 Å². The quantitative estimate of drug-likeness (QED) is 0.683. The monoisotopic (exact) mass is 327 g/mol. The number of nitro benzene ring substituents is 1. The molecule has 1 fully saturated rings. The predicted octanol–water partition coefficient (Wildman–Crippen LogP) is 3.35. The third-order valence-electron chi connectivity index (χ3n) is 4.18. The van der Waals surface area contributed by atoms with Gasteiger partial charge in [0.25, 0.3) is 5.69 Å². The van der Waals surface area contributed by atoms with Crippen LogP contribution < -0.4 is 4.90 Å². The molecule has 0 aliphatic carbocycles. The van der Waals surface area contributed by atoms with E-state index in [1.807, 2.05) is 0 Å². The van der Waals surface area contributed by atoms with Gasteiger partial charge in [-0.1, -0.05) is 0 Å². The van der Waals surface area contributed by atoms with Crippen LogP contribution >= 0.6 is 0 Å². The Hall–Kier alpha value is -2.96. The van der Waals surface area contributed by atoms with Gasteiger partial charge in [-0.25, -0.2) is 4.79 Å². The highest BCUT2D eigenvalue weighted by Crippen LogP contribution is 2.33. The number of nitrogens with zero attached hydrogens (tertiary/aromatic N) is 3. The van der Waals surface area contributed by atoms with Crippen LogP contribution in [0.5, 0.6) is 0 Å². The Morgan fingerprint density at radius 2 is 1.92 bits per heavy atom. The van der Waals surface area contributed by atoms with Crippen LogP contribution in [0.1, 0.15) is 29.6 Å². The Morgan fingerprint density at radius 3 is 2.58 bits per heavy atom. The van der Waals surface area contributed by atoms with Crippen LogP contribution in [0.4, 0.5) is 11.4 Å². The summed E-state index contributed by atoms with van der Waals surface area (Å²) in [7, 11) is 0. The van der Waals surface area contributed by atoms with Crippen molar-refractivity contribution in [1.29, 1.82) is 0 Å². The number of carboxylic acid groups (broad SMARTS) is 1. The van der Waals surface area contributed by atoms with E-state index in [1.165, 1.54) is 30.8 Å². The number of benzene rings is 1. The number of pyridine rings is 1. The molecule has 2 heterocycles. The van der Waals surface area contributed by atoms with E-state index in [1.54, 1.807) is 12.1 Å². The van der Waals surface area contributed by atoms with E-state index in [2.05, 4.69) is 9.88 Å². The van der Waals surface area contributed by atoms with Crippen LogP contribution in [0, 0.1) is 10.1 Å². The van der Waals surface area contributed by atoms with E-state index in [0.29, 0.717) is 11.3 Å². The summed E-state index contributed by atoms with van der Waals surface area (Å²) in [5, 5.41) is 20.5. The lowest BCUT2D eigenvalue weighted by Gasteiger charge is -2.29. The number of hydrogen-bond donors (Lipinski definition) is 1. The van der Waals surface area contributed by atoms with Crippen molar-refractivity contribution in [3.63, 3.8) is 0 Å². The zero-order valence-electron chi connectivity index (χ0n) is 13.0. The minimum Gasteiger partial charge on any atom is -0.478 e. The lowest BCUT2D eigenvalue weighted by atomic mass is 10.0. The summed E-state index contributed by atoms with van der Waals surface area (Å²) in [6, 6.07) is 7.68. The Balaban J connectivity index is 2.08. The number of hydrogen-bond acceptors (Lipinski definition) is 5. The molecule has 124 valence electrons. The van der Waals surface area contributed by atoms with Crippen LogP contribution in [0.15, 0.2) is 36.5 Å². The van der Waals surface area contributed by atoms with Crippen molar-refractivity contribution in [1.82, 2.24) is 4.98 Å². The Bertz CT molecular complexity index is 785. The highest BCUT2D eigenvalue weighted by molar-refractivity contribution is 5.89. The van der Waals surface area contributed by atoms with Crippen LogP contribution in [-0.2, 0) is 0 Å². The summed E-state index contributed by atoms with van der Waals surface area (Å²) in [6.07, 6.45) is 4.74. The second-order valence-electron chi connectivity index (χ2n) is 5.74. The van der Waals surface area contributed by atoms with Crippen LogP contribution in [0.2, 0.25) is 0 Å². The van der Waals surface area contributed by atoms with E-state index >= 15 is 0 Å². The van der Waals surface area contributed by atoms with Gasteiger partial charge in [0.05, 0.1) is 21.7 Å². The molecule has 24 heavy (non-hydrogen) atoms. The fourth-order valence-corrected chi connectivity index (χ4v) is 2.95. The maximum Gasteiger partial charge on any atom is 0.335 e. The molecule has 0 saturated carbocycles. The summed E-state index contributed by atoms with van der Waals surface area (Å²) in [5.41, 5.74) is 1.51. The molecule has 0 radical (unpaired) electrons. The van der Waals surface area contributed by atoms with E-state index in [-0.39, 0.29) is 11.3 Å². The second kappa shape index (κ2) is 6.66. The smallest absolute Gasteiger partial charge is 0.335 e. The molecule has 2 aromatic rings. The van der Waals surface area contributed by atoms with Crippen LogP contribution in [0.3, 0.4) is 0 Å². The first kappa shape index (κ1) is 15.9. The summed E-state index contributed by atoms with van der Waals surface area (Å²) < 4.78 is 0. The summed E-state index contributed by atoms with van der Waals surface area (Å²) in [5.74, 6) is -1.09. The molecule has 1 aliphatic rings. The predicted molar refractivity (Wildman–Crippen MR) is 89.4 cm³/mol. The average molecular weight is 327 g/mol. The molecular formula is C17H17N3O4. The molecule has 0 atom stereocenters. The van der Waals surface area contributed by atoms with Gasteiger partial charge in [-0.3, -0.25) is 15.1 Å². The van der Waals surface area contributed by atoms with Crippen molar-refractivity contribution in [2.75, 3.05) is 18.0 Å². The molecule has 0 unspecified atom stereocenters. The van der Waals surface area contributed by atoms with Gasteiger partial charge in [0.15, 0.2) is 0 Å². The molecule has 7 nitrogen and oxygen atoms in total. The molecule has 0 spiro atoms. The molecule has 0 bridgehead atoms. The third kappa shape index (κ3) is 3.19. The number of aromatic nitrogens is 1. The number of piperidine rings is 1. The first-order valence-corrected chi connectivity index (χ1v) is 7.79. The number of carboxylic acids is 1. The molecular weight excluding hydrogens is 310 g/mol. The lowest BCUT2D eigenvalue weighted by molar-refractivity contribution is -0.384. The van der Waals surface area contributed by atoms with Gasteiger partial charge in [-0.2, -0.15) is 0 Å². The second-order valence-corrected chi connectivity index (χ2v) is 5.74. The molecule has 1 aromatic carbocycles. The highest BCUT2D eigenvalue weighted by Gasteiger charge is 2.20. The third-order valence-corrected chi connectivity index (χ3v) is 4.18. The SMILES string of the molecule is O=C(O)c1ccnc(-c2cc(N3CCCCC3)ccc2[N+](=O)[O-])c1. The van der Waals surface area contributed by atoms with Crippen LogP contribution in [0.25, 0.3) is 11.3 Å². The molecule has 3 rings (SSSR count). The Kier molecular flexibility index (Phi) is 4.41. The molecule has 1 aliphatic heterocycles. The number of rotatable bonds is 4. The van der Waals surface area contributed by atoms with Gasteiger partial charge in [0, 0.05) is 31.0 Å². The van der Waals surface area contributed by atoms with Crippen molar-refractivity contribution in [3.8, 4) is 11.3 Å². The van der Waals surface area contributed by atoms with Crippen LogP contribution in [-0.4, -0.2) is 34.1 Å². The van der Waals surface area contributed by atoms with Crippen molar-refractivity contribution in [2.24, 2.45) is 0 Å². The molecule has 1 aromatic heterocycles. The lowest BCUT2D eigenvalue weighted by Crippen LogP contribution is -2.29. The molecule has 7 heteroatoms. The minimum absolute atomic E-state index is 0.0534. The summed E-state index contributed by atoms with van der Waals surface area (Å²) >= 11 is 0. The zero-order chi connectivity index (χ0) is 17.1. The van der Waals surface area contributed by atoms with Gasteiger partial charge in [0.2, 0.25) is 0 Å². The van der Waals surface area contributed by atoms with Crippen molar-refractivity contribution < 1.29 is 14.8 Å². The van der Waals surface area contributed by atoms with Crippen molar-refractivity contribution >= 4 is 17.3 Å². The van der Waals surface area contributed by atoms with E-state index < -0.39 is 10.9 Å². The molecule has 1 saturated heterocycles. The molecule has 0 amide bonds. The minimum atomic E-state index is -1.09. The Labute approximate surface area is 138 Å². The number of anilines is 1. The van der Waals surface area contributed by atoms with E-state index in [9.17, 15) is 14.9 Å². The van der Waals surface area contributed by atoms with Gasteiger partial charge in [0.1, 0.15) is 0 Å². The number of aromatic carboxylic acids is 1. The maximum atomic E-state index is 11.3. The number of nitro groups is 1. The highest BCUT2D eigenvalue weighted by atomic mass is 16.6. The van der Waals surface area contributed by atoms with Crippen molar-refractivity contribution in [3.05, 3.63) is 52.2 Å². The first-order valence-electron chi connectivity index (χ1n) is 7.79. The normalized spacial score (nSPS) is 14.4. The summed E-state index contributed by atoms with van der Waals surface area (Å²) in [4.78, 5) is 28.4. The van der Waals surface area contributed by atoms with Gasteiger partial charge in [-0.15, -0.1) is 0 Å². The fourth-order valence-electron chi connectivity index (χ4n) is 2.95. The topological polar surface area (TPSA) is 96.6 Å². The van der Waals surface area contributed by atoms with Gasteiger partial charge in [-0.05, 0) is 43.5 Å². The largest absolute Gasteiger partial charge is 0.478 e. The Morgan fingerprint density at radius 1 is 1.17 bits per heavy atom. The maximum absolute atomic E-state index is 11.3. The molecule has 1 N–H and O–H groups in total. The standard InChI is InChI=1S/C17H17N3O4/c21-17(22)12-6-7-18-15(10-12)14-11-13(4-5-16(14)20(23)24)19-8-2-1-3-9-19/h4-7,10-11H,1-3,8-9H2,(H,21,22). The zero-order valence-corrected chi connectivity index (χ0v) is 13.0. The van der Waals surface area contributed by atoms with Crippen molar-refractivity contribution in [2.45, 2.75) is 19.3 Å². The fraction of sp³-hybridized carbons (Fsp3) is 0.294. The van der Waals surface area contributed by atoms with E-state index in [4.69, 9.17) is 5.11 Å². The first-order chi connectivity index (χ1) is 11.6. The number of carbonyl (C=O) groups is 1. The average Bonchev–Trinajstić information content (AvgIpc) is 2.62. The van der Waals surface area contributed by atoms with E-state index in [0.717, 1.165) is 31.6 Å².